The predicted molar refractivity (Wildman–Crippen MR) is 82.4 cm³/mol. The Morgan fingerprint density at radius 3 is 2.63 bits per heavy atom. The summed E-state index contributed by atoms with van der Waals surface area (Å²) in [7, 11) is -2.90. The smallest absolute Gasteiger partial charge is 0.148 e. The lowest BCUT2D eigenvalue weighted by Crippen LogP contribution is -2.42. The average Bonchev–Trinajstić information content (AvgIpc) is 2.36. The molecule has 1 heterocycles. The van der Waals surface area contributed by atoms with Crippen molar-refractivity contribution in [1.29, 1.82) is 0 Å². The van der Waals surface area contributed by atoms with Gasteiger partial charge >= 0.3 is 0 Å². The fraction of sp³-hybridized carbons (Fsp3) is 0.571. The molecule has 1 aliphatic heterocycles. The van der Waals surface area contributed by atoms with Crippen molar-refractivity contribution in [3.05, 3.63) is 35.9 Å². The normalized spacial score (nSPS) is 25.4. The van der Waals surface area contributed by atoms with Crippen molar-refractivity contribution in [2.45, 2.75) is 18.2 Å². The molecule has 0 N–H and O–H groups in total. The Bertz CT molecular complexity index is 501. The molecule has 1 fully saturated rings. The third kappa shape index (κ3) is 4.23. The van der Waals surface area contributed by atoms with Gasteiger partial charge in [-0.1, -0.05) is 37.3 Å². The molecule has 0 unspecified atom stereocenters. The van der Waals surface area contributed by atoms with Gasteiger partial charge in [0.25, 0.3) is 0 Å². The lowest BCUT2D eigenvalue weighted by Gasteiger charge is -2.39. The molecule has 1 aliphatic rings. The van der Waals surface area contributed by atoms with Gasteiger partial charge in [-0.2, -0.15) is 11.8 Å². The van der Waals surface area contributed by atoms with Crippen molar-refractivity contribution >= 4 is 21.6 Å². The topological polar surface area (TPSA) is 37.4 Å². The number of hydrogen-bond acceptors (Lipinski definition) is 4. The molecule has 0 radical (unpaired) electrons. The fourth-order valence-corrected chi connectivity index (χ4v) is 4.34. The number of rotatable bonds is 4. The van der Waals surface area contributed by atoms with E-state index in [1.54, 1.807) is 0 Å². The van der Waals surface area contributed by atoms with Crippen LogP contribution in [-0.2, 0) is 9.84 Å². The molecule has 1 aromatic carbocycles. The van der Waals surface area contributed by atoms with E-state index in [1.807, 2.05) is 17.8 Å². The van der Waals surface area contributed by atoms with Gasteiger partial charge in [0.05, 0.1) is 5.75 Å². The van der Waals surface area contributed by atoms with Crippen LogP contribution in [0.5, 0.6) is 0 Å². The van der Waals surface area contributed by atoms with Crippen molar-refractivity contribution in [1.82, 2.24) is 4.90 Å². The highest BCUT2D eigenvalue weighted by molar-refractivity contribution is 8.00. The van der Waals surface area contributed by atoms with Crippen LogP contribution in [0.3, 0.4) is 0 Å². The Morgan fingerprint density at radius 2 is 2.00 bits per heavy atom. The van der Waals surface area contributed by atoms with Crippen molar-refractivity contribution < 1.29 is 8.42 Å². The molecule has 5 heteroatoms. The van der Waals surface area contributed by atoms with E-state index >= 15 is 0 Å². The van der Waals surface area contributed by atoms with E-state index in [1.165, 1.54) is 11.8 Å². The van der Waals surface area contributed by atoms with E-state index in [9.17, 15) is 8.42 Å². The van der Waals surface area contributed by atoms with Crippen LogP contribution < -0.4 is 0 Å². The first-order valence-electron chi connectivity index (χ1n) is 6.56. The molecule has 106 valence electrons. The number of nitrogens with zero attached hydrogens (tertiary/aromatic N) is 1. The third-order valence-corrected chi connectivity index (χ3v) is 5.61. The maximum atomic E-state index is 11.4. The molecule has 3 nitrogen and oxygen atoms in total. The molecular formula is C14H21NO2S2. The monoisotopic (exact) mass is 299 g/mol. The zero-order valence-electron chi connectivity index (χ0n) is 11.5. The summed E-state index contributed by atoms with van der Waals surface area (Å²) >= 11 is 1.97. The summed E-state index contributed by atoms with van der Waals surface area (Å²) in [6.45, 7) is 3.82. The van der Waals surface area contributed by atoms with E-state index in [4.69, 9.17) is 0 Å². The highest BCUT2D eigenvalue weighted by Gasteiger charge is 2.30. The van der Waals surface area contributed by atoms with Crippen molar-refractivity contribution in [3.63, 3.8) is 0 Å². The Hall–Kier alpha value is -0.520. The second-order valence-electron chi connectivity index (χ2n) is 5.10. The predicted octanol–water partition coefficient (Wildman–Crippen LogP) is 2.21. The highest BCUT2D eigenvalue weighted by Crippen LogP contribution is 2.35. The van der Waals surface area contributed by atoms with Crippen LogP contribution in [0.2, 0.25) is 0 Å². The first-order chi connectivity index (χ1) is 8.97. The van der Waals surface area contributed by atoms with Gasteiger partial charge in [0.2, 0.25) is 0 Å². The first-order valence-corrected chi connectivity index (χ1v) is 9.66. The second kappa shape index (κ2) is 6.29. The van der Waals surface area contributed by atoms with E-state index < -0.39 is 9.84 Å². The molecule has 2 rings (SSSR count). The van der Waals surface area contributed by atoms with Gasteiger partial charge < -0.3 is 0 Å². The molecule has 0 amide bonds. The summed E-state index contributed by atoms with van der Waals surface area (Å²) in [4.78, 5) is 2.32. The molecule has 0 aromatic heterocycles. The number of hydrogen-bond donors (Lipinski definition) is 0. The highest BCUT2D eigenvalue weighted by atomic mass is 32.2. The number of sulfone groups is 1. The van der Waals surface area contributed by atoms with Crippen LogP contribution >= 0.6 is 11.8 Å². The van der Waals surface area contributed by atoms with Crippen molar-refractivity contribution in [3.8, 4) is 0 Å². The Labute approximate surface area is 120 Å². The fourth-order valence-electron chi connectivity index (χ4n) is 2.55. The van der Waals surface area contributed by atoms with E-state index in [2.05, 4.69) is 36.1 Å². The van der Waals surface area contributed by atoms with Gasteiger partial charge in [-0.3, -0.25) is 4.90 Å². The van der Waals surface area contributed by atoms with Crippen molar-refractivity contribution in [2.75, 3.05) is 30.9 Å². The van der Waals surface area contributed by atoms with E-state index in [0.717, 1.165) is 12.3 Å². The summed E-state index contributed by atoms with van der Waals surface area (Å²) in [6, 6.07) is 10.7. The zero-order valence-corrected chi connectivity index (χ0v) is 13.1. The molecule has 0 aliphatic carbocycles. The Morgan fingerprint density at radius 1 is 1.32 bits per heavy atom. The largest absolute Gasteiger partial charge is 0.293 e. The SMILES string of the molecule is C[C@@H]1SCCN(CCS(C)(=O)=O)[C@@H]1c1ccccc1. The molecular weight excluding hydrogens is 278 g/mol. The van der Waals surface area contributed by atoms with E-state index in [0.29, 0.717) is 17.8 Å². The van der Waals surface area contributed by atoms with Crippen LogP contribution in [0.1, 0.15) is 18.5 Å². The van der Waals surface area contributed by atoms with E-state index in [-0.39, 0.29) is 5.75 Å². The molecule has 2 atom stereocenters. The summed E-state index contributed by atoms with van der Waals surface area (Å²) in [5, 5.41) is 0.496. The minimum atomic E-state index is -2.90. The minimum absolute atomic E-state index is 0.244. The van der Waals surface area contributed by atoms with Gasteiger partial charge in [-0.15, -0.1) is 0 Å². The van der Waals surface area contributed by atoms with Crippen LogP contribution in [-0.4, -0.2) is 49.4 Å². The van der Waals surface area contributed by atoms with Crippen LogP contribution in [0.15, 0.2) is 30.3 Å². The third-order valence-electron chi connectivity index (χ3n) is 3.49. The zero-order chi connectivity index (χ0) is 13.9. The van der Waals surface area contributed by atoms with Crippen LogP contribution in [0, 0.1) is 0 Å². The van der Waals surface area contributed by atoms with Crippen LogP contribution in [0.4, 0.5) is 0 Å². The quantitative estimate of drug-likeness (QED) is 0.854. The molecule has 0 bridgehead atoms. The van der Waals surface area contributed by atoms with Gasteiger partial charge in [-0.05, 0) is 5.56 Å². The van der Waals surface area contributed by atoms with Gasteiger partial charge in [0.1, 0.15) is 9.84 Å². The van der Waals surface area contributed by atoms with Gasteiger partial charge in [-0.25, -0.2) is 8.42 Å². The lowest BCUT2D eigenvalue weighted by atomic mass is 10.0. The molecule has 1 saturated heterocycles. The maximum Gasteiger partial charge on any atom is 0.148 e. The van der Waals surface area contributed by atoms with Crippen molar-refractivity contribution in [2.24, 2.45) is 0 Å². The Balaban J connectivity index is 2.15. The summed E-state index contributed by atoms with van der Waals surface area (Å²) < 4.78 is 22.7. The molecule has 19 heavy (non-hydrogen) atoms. The van der Waals surface area contributed by atoms with Crippen LogP contribution in [0.25, 0.3) is 0 Å². The summed E-state index contributed by atoms with van der Waals surface area (Å²) in [5.74, 6) is 1.32. The summed E-state index contributed by atoms with van der Waals surface area (Å²) in [6.07, 6.45) is 1.31. The first kappa shape index (κ1) is 14.9. The number of thioether (sulfide) groups is 1. The van der Waals surface area contributed by atoms with Gasteiger partial charge in [0, 0.05) is 36.4 Å². The number of benzene rings is 1. The molecule has 0 spiro atoms. The average molecular weight is 299 g/mol. The standard InChI is InChI=1S/C14H21NO2S2/c1-12-14(13-6-4-3-5-7-13)15(8-10-18-12)9-11-19(2,16)17/h3-7,12,14H,8-11H2,1-2H3/t12-,14-/m0/s1. The van der Waals surface area contributed by atoms with Gasteiger partial charge in [0.15, 0.2) is 0 Å². The minimum Gasteiger partial charge on any atom is -0.293 e. The lowest BCUT2D eigenvalue weighted by molar-refractivity contribution is 0.213. The Kier molecular flexibility index (Phi) is 4.92. The summed E-state index contributed by atoms with van der Waals surface area (Å²) in [5.41, 5.74) is 1.29. The molecule has 1 aromatic rings. The molecule has 0 saturated carbocycles. The maximum absolute atomic E-state index is 11.4. The second-order valence-corrected chi connectivity index (χ2v) is 8.84.